The van der Waals surface area contributed by atoms with Crippen LogP contribution >= 0.6 is 23.1 Å². The van der Waals surface area contributed by atoms with Gasteiger partial charge in [-0.1, -0.05) is 83.3 Å². The van der Waals surface area contributed by atoms with Gasteiger partial charge in [-0.15, -0.1) is 0 Å². The molecule has 1 aromatic heterocycles. The smallest absolute Gasteiger partial charge is 0.265 e. The molecule has 4 aromatic rings. The Morgan fingerprint density at radius 1 is 0.894 bits per heavy atom. The molecular weight excluding hydrogens is 673 g/mol. The molecular formula is C35H37N2O6S4+. The first-order valence-corrected chi connectivity index (χ1v) is 20.3. The first kappa shape index (κ1) is 33.6. The molecule has 246 valence electrons. The van der Waals surface area contributed by atoms with Crippen LogP contribution in [0.25, 0.3) is 16.3 Å². The maximum atomic E-state index is 11.5. The third-order valence-corrected chi connectivity index (χ3v) is 12.1. The highest BCUT2D eigenvalue weighted by Crippen LogP contribution is 2.47. The van der Waals surface area contributed by atoms with Crippen molar-refractivity contribution in [3.05, 3.63) is 117 Å². The van der Waals surface area contributed by atoms with Crippen LogP contribution in [0.2, 0.25) is 0 Å². The summed E-state index contributed by atoms with van der Waals surface area (Å²) in [5, 5.41) is 2.03. The van der Waals surface area contributed by atoms with E-state index in [0.29, 0.717) is 25.9 Å². The standard InChI is InChI=1S/C35H36N2O6S4/c1-25-9-6-10-28(19-25)29-21-26(23-34-36(15-7-17-46(38,39)40)30-11-2-4-13-32(30)44-34)20-27(22-29)24-35-37(16-8-18-47(41,42)43)31-12-3-5-14-33(31)45-35/h2-6,9-14,19-20,23-24,29H,7-8,15-18,21-22H2,1H3,(H-,38,39,40,41,42,43)/p+1. The van der Waals surface area contributed by atoms with Crippen LogP contribution in [-0.2, 0) is 26.8 Å². The Kier molecular flexibility index (Phi) is 10.1. The first-order chi connectivity index (χ1) is 22.4. The number of anilines is 1. The SMILES string of the molecule is Cc1cccc(C2CC(C=C3Sc4ccccc4N3CCCS(=O)(=O)O)=CC(=Cc3sc4ccccc4[n+]3CCCS(=O)(=O)O)C2)c1. The van der Waals surface area contributed by atoms with Crippen molar-refractivity contribution in [2.75, 3.05) is 23.0 Å². The molecule has 1 aliphatic heterocycles. The van der Waals surface area contributed by atoms with Gasteiger partial charge in [-0.25, -0.2) is 0 Å². The van der Waals surface area contributed by atoms with Crippen molar-refractivity contribution in [2.45, 2.75) is 50.0 Å². The molecule has 8 nitrogen and oxygen atoms in total. The lowest BCUT2D eigenvalue weighted by atomic mass is 9.81. The monoisotopic (exact) mass is 709 g/mol. The van der Waals surface area contributed by atoms with Gasteiger partial charge in [-0.2, -0.15) is 21.4 Å². The van der Waals surface area contributed by atoms with Crippen LogP contribution < -0.4 is 9.47 Å². The Bertz CT molecular complexity index is 2120. The number of rotatable bonds is 11. The fourth-order valence-corrected chi connectivity index (χ4v) is 9.58. The van der Waals surface area contributed by atoms with E-state index < -0.39 is 20.2 Å². The molecule has 2 heterocycles. The van der Waals surface area contributed by atoms with E-state index in [1.807, 2.05) is 36.4 Å². The Morgan fingerprint density at radius 3 is 2.43 bits per heavy atom. The average molecular weight is 710 g/mol. The number of para-hydroxylation sites is 2. The summed E-state index contributed by atoms with van der Waals surface area (Å²) in [6.07, 6.45) is 8.92. The molecule has 0 amide bonds. The minimum Gasteiger partial charge on any atom is -0.335 e. The zero-order valence-electron chi connectivity index (χ0n) is 25.9. The molecule has 6 rings (SSSR count). The molecule has 2 aliphatic rings. The van der Waals surface area contributed by atoms with Crippen molar-refractivity contribution < 1.29 is 30.5 Å². The minimum absolute atomic E-state index is 0.238. The zero-order valence-corrected chi connectivity index (χ0v) is 29.2. The van der Waals surface area contributed by atoms with Crippen molar-refractivity contribution >= 4 is 65.3 Å². The van der Waals surface area contributed by atoms with E-state index >= 15 is 0 Å². The summed E-state index contributed by atoms with van der Waals surface area (Å²) in [7, 11) is -8.12. The second-order valence-electron chi connectivity index (χ2n) is 12.0. The average Bonchev–Trinajstić information content (AvgIpc) is 3.53. The Balaban J connectivity index is 1.39. The predicted molar refractivity (Wildman–Crippen MR) is 191 cm³/mol. The van der Waals surface area contributed by atoms with E-state index in [2.05, 4.69) is 71.0 Å². The summed E-state index contributed by atoms with van der Waals surface area (Å²) in [5.74, 6) is -0.357. The second kappa shape index (κ2) is 14.1. The van der Waals surface area contributed by atoms with Crippen LogP contribution in [0.15, 0.2) is 106 Å². The summed E-state index contributed by atoms with van der Waals surface area (Å²) in [6.45, 7) is 3.02. The van der Waals surface area contributed by atoms with Crippen molar-refractivity contribution in [2.24, 2.45) is 0 Å². The summed E-state index contributed by atoms with van der Waals surface area (Å²) in [6, 6.07) is 24.8. The maximum absolute atomic E-state index is 11.5. The van der Waals surface area contributed by atoms with Gasteiger partial charge in [-0.05, 0) is 73.1 Å². The van der Waals surface area contributed by atoms with Gasteiger partial charge in [0.1, 0.15) is 4.70 Å². The molecule has 0 radical (unpaired) electrons. The normalized spacial score (nSPS) is 18.7. The Labute approximate surface area is 284 Å². The van der Waals surface area contributed by atoms with Gasteiger partial charge in [0.25, 0.3) is 25.2 Å². The fourth-order valence-electron chi connectivity index (χ4n) is 6.27. The Morgan fingerprint density at radius 2 is 1.64 bits per heavy atom. The van der Waals surface area contributed by atoms with Crippen LogP contribution in [0.3, 0.4) is 0 Å². The van der Waals surface area contributed by atoms with Crippen molar-refractivity contribution in [1.29, 1.82) is 0 Å². The molecule has 2 N–H and O–H groups in total. The minimum atomic E-state index is -4.06. The molecule has 12 heteroatoms. The predicted octanol–water partition coefficient (Wildman–Crippen LogP) is 7.39. The van der Waals surface area contributed by atoms with Gasteiger partial charge in [0.15, 0.2) is 6.54 Å². The molecule has 3 aromatic carbocycles. The molecule has 0 saturated heterocycles. The van der Waals surface area contributed by atoms with Crippen molar-refractivity contribution in [1.82, 2.24) is 0 Å². The number of benzene rings is 3. The molecule has 47 heavy (non-hydrogen) atoms. The number of aromatic nitrogens is 1. The maximum Gasteiger partial charge on any atom is 0.265 e. The van der Waals surface area contributed by atoms with Crippen molar-refractivity contribution in [3.8, 4) is 0 Å². The van der Waals surface area contributed by atoms with Gasteiger partial charge in [0.05, 0.1) is 22.2 Å². The number of fused-ring (bicyclic) bond motifs is 2. The zero-order chi connectivity index (χ0) is 33.2. The van der Waals surface area contributed by atoms with Crippen LogP contribution in [0.5, 0.6) is 0 Å². The van der Waals surface area contributed by atoms with E-state index in [-0.39, 0.29) is 17.4 Å². The van der Waals surface area contributed by atoms with Crippen LogP contribution in [0.1, 0.15) is 47.7 Å². The van der Waals surface area contributed by atoms with E-state index in [1.54, 1.807) is 23.1 Å². The number of nitrogens with zero attached hydrogens (tertiary/aromatic N) is 2. The van der Waals surface area contributed by atoms with Crippen LogP contribution in [-0.4, -0.2) is 44.0 Å². The Hall–Kier alpha value is -3.26. The van der Waals surface area contributed by atoms with Gasteiger partial charge < -0.3 is 4.90 Å². The third kappa shape index (κ3) is 8.62. The summed E-state index contributed by atoms with van der Waals surface area (Å²) in [4.78, 5) is 3.24. The molecule has 0 bridgehead atoms. The number of thiazole rings is 1. The highest BCUT2D eigenvalue weighted by atomic mass is 32.2. The molecule has 0 saturated carbocycles. The molecule has 1 unspecified atom stereocenters. The summed E-state index contributed by atoms with van der Waals surface area (Å²) < 4.78 is 67.8. The summed E-state index contributed by atoms with van der Waals surface area (Å²) in [5.41, 5.74) is 6.83. The molecule has 0 fully saturated rings. The molecule has 1 aliphatic carbocycles. The van der Waals surface area contributed by atoms with Gasteiger partial charge in [0.2, 0.25) is 5.52 Å². The number of thioether (sulfide) groups is 1. The first-order valence-electron chi connectivity index (χ1n) is 15.5. The molecule has 1 atom stereocenters. The van der Waals surface area contributed by atoms with Gasteiger partial charge >= 0.3 is 0 Å². The highest BCUT2D eigenvalue weighted by Gasteiger charge is 2.28. The van der Waals surface area contributed by atoms with Crippen LogP contribution in [0.4, 0.5) is 5.69 Å². The van der Waals surface area contributed by atoms with E-state index in [0.717, 1.165) is 54.8 Å². The second-order valence-corrected chi connectivity index (χ2v) is 17.3. The highest BCUT2D eigenvalue weighted by molar-refractivity contribution is 8.03. The van der Waals surface area contributed by atoms with E-state index in [1.165, 1.54) is 11.1 Å². The lowest BCUT2D eigenvalue weighted by Gasteiger charge is -2.26. The van der Waals surface area contributed by atoms with E-state index in [4.69, 9.17) is 0 Å². The van der Waals surface area contributed by atoms with Crippen molar-refractivity contribution in [3.63, 3.8) is 0 Å². The van der Waals surface area contributed by atoms with Gasteiger partial charge in [0, 0.05) is 30.0 Å². The summed E-state index contributed by atoms with van der Waals surface area (Å²) >= 11 is 3.32. The number of allylic oxidation sites excluding steroid dienone is 4. The number of aryl methyl sites for hydroxylation is 2. The number of hydrogen-bond acceptors (Lipinski definition) is 7. The number of hydrogen-bond donors (Lipinski definition) is 2. The van der Waals surface area contributed by atoms with E-state index in [9.17, 15) is 25.9 Å². The molecule has 0 spiro atoms. The fraction of sp³-hybridized carbons (Fsp3) is 0.286. The topological polar surface area (TPSA) is 116 Å². The lowest BCUT2D eigenvalue weighted by molar-refractivity contribution is -0.668. The van der Waals surface area contributed by atoms with Crippen LogP contribution in [0, 0.1) is 6.92 Å². The largest absolute Gasteiger partial charge is 0.335 e. The third-order valence-electron chi connectivity index (χ3n) is 8.31. The van der Waals surface area contributed by atoms with Gasteiger partial charge in [-0.3, -0.25) is 9.11 Å². The lowest BCUT2D eigenvalue weighted by Crippen LogP contribution is -2.36. The quantitative estimate of drug-likeness (QED) is 0.122.